The Balaban J connectivity index is 2.04. The molecule has 0 aliphatic carbocycles. The number of hydrogen-bond acceptors (Lipinski definition) is 7. The predicted molar refractivity (Wildman–Crippen MR) is 90.2 cm³/mol. The van der Waals surface area contributed by atoms with Crippen molar-refractivity contribution in [2.75, 3.05) is 0 Å². The lowest BCUT2D eigenvalue weighted by molar-refractivity contribution is -0.392. The first-order chi connectivity index (χ1) is 11.8. The highest BCUT2D eigenvalue weighted by Crippen LogP contribution is 2.24. The summed E-state index contributed by atoms with van der Waals surface area (Å²) in [5.74, 6) is -0.596. The standard InChI is InChI=1S/C13H11BrN6O5/c1-8-15-6-13(20(24)25)18(8)7-12(21)17-16-5-9-2-3-10(14)11(4-9)19(22)23/h2-6H,7H2,1H3,(H,17,21)/b16-5+. The number of carbonyl (C=O) groups is 1. The van der Waals surface area contributed by atoms with Crippen LogP contribution in [0.5, 0.6) is 0 Å². The zero-order chi connectivity index (χ0) is 18.6. The number of nitro groups is 2. The van der Waals surface area contributed by atoms with Gasteiger partial charge in [-0.25, -0.2) is 15.0 Å². The van der Waals surface area contributed by atoms with Crippen molar-refractivity contribution in [1.29, 1.82) is 0 Å². The second kappa shape index (κ2) is 7.61. The Morgan fingerprint density at radius 2 is 2.12 bits per heavy atom. The second-order valence-electron chi connectivity index (χ2n) is 4.77. The predicted octanol–water partition coefficient (Wildman–Crippen LogP) is 1.92. The number of hydrazone groups is 1. The molecule has 11 nitrogen and oxygen atoms in total. The molecular formula is C13H11BrN6O5. The number of amides is 1. The summed E-state index contributed by atoms with van der Waals surface area (Å²) in [5, 5.41) is 25.4. The molecule has 0 saturated heterocycles. The van der Waals surface area contributed by atoms with Gasteiger partial charge in [0.2, 0.25) is 0 Å². The summed E-state index contributed by atoms with van der Waals surface area (Å²) in [7, 11) is 0. The molecule has 1 heterocycles. The molecule has 1 N–H and O–H groups in total. The largest absolute Gasteiger partial charge is 0.358 e. The van der Waals surface area contributed by atoms with Crippen molar-refractivity contribution < 1.29 is 14.6 Å². The number of imidazole rings is 1. The molecule has 1 amide bonds. The van der Waals surface area contributed by atoms with Gasteiger partial charge in [-0.15, -0.1) is 0 Å². The molecule has 12 heteroatoms. The fourth-order valence-electron chi connectivity index (χ4n) is 1.91. The van der Waals surface area contributed by atoms with Gasteiger partial charge in [-0.05, 0) is 26.9 Å². The Bertz CT molecular complexity index is 878. The van der Waals surface area contributed by atoms with Crippen LogP contribution in [-0.4, -0.2) is 31.5 Å². The lowest BCUT2D eigenvalue weighted by Gasteiger charge is -2.02. The van der Waals surface area contributed by atoms with Gasteiger partial charge in [-0.2, -0.15) is 5.10 Å². The van der Waals surface area contributed by atoms with E-state index >= 15 is 0 Å². The highest BCUT2D eigenvalue weighted by atomic mass is 79.9. The average molecular weight is 411 g/mol. The molecule has 130 valence electrons. The van der Waals surface area contributed by atoms with Gasteiger partial charge in [0.15, 0.2) is 12.4 Å². The van der Waals surface area contributed by atoms with Crippen LogP contribution in [0.1, 0.15) is 11.4 Å². The molecular weight excluding hydrogens is 400 g/mol. The molecule has 0 atom stereocenters. The van der Waals surface area contributed by atoms with E-state index in [1.54, 1.807) is 6.07 Å². The van der Waals surface area contributed by atoms with Crippen molar-refractivity contribution in [1.82, 2.24) is 15.0 Å². The van der Waals surface area contributed by atoms with Gasteiger partial charge in [0.25, 0.3) is 11.6 Å². The Morgan fingerprint density at radius 1 is 1.40 bits per heavy atom. The lowest BCUT2D eigenvalue weighted by atomic mass is 10.2. The van der Waals surface area contributed by atoms with Gasteiger partial charge in [-0.1, -0.05) is 6.07 Å². The summed E-state index contributed by atoms with van der Waals surface area (Å²) >= 11 is 3.06. The third-order valence-corrected chi connectivity index (χ3v) is 3.76. The molecule has 2 aromatic rings. The van der Waals surface area contributed by atoms with Crippen molar-refractivity contribution in [2.45, 2.75) is 13.5 Å². The number of aromatic nitrogens is 2. The fraction of sp³-hybridized carbons (Fsp3) is 0.154. The van der Waals surface area contributed by atoms with Crippen molar-refractivity contribution in [3.63, 3.8) is 0 Å². The van der Waals surface area contributed by atoms with Crippen LogP contribution in [0.3, 0.4) is 0 Å². The molecule has 0 spiro atoms. The molecule has 0 bridgehead atoms. The Hall–Kier alpha value is -3.15. The summed E-state index contributed by atoms with van der Waals surface area (Å²) in [4.78, 5) is 36.1. The summed E-state index contributed by atoms with van der Waals surface area (Å²) < 4.78 is 1.46. The number of aryl methyl sites for hydroxylation is 1. The molecule has 2 rings (SSSR count). The topological polar surface area (TPSA) is 146 Å². The van der Waals surface area contributed by atoms with Crippen LogP contribution in [0, 0.1) is 27.2 Å². The second-order valence-corrected chi connectivity index (χ2v) is 5.62. The summed E-state index contributed by atoms with van der Waals surface area (Å²) in [6.07, 6.45) is 2.29. The van der Waals surface area contributed by atoms with Gasteiger partial charge in [0, 0.05) is 18.6 Å². The number of nitro benzene ring substituents is 1. The number of carbonyl (C=O) groups excluding carboxylic acids is 1. The molecule has 0 fully saturated rings. The minimum absolute atomic E-state index is 0.139. The average Bonchev–Trinajstić information content (AvgIpc) is 2.90. The summed E-state index contributed by atoms with van der Waals surface area (Å²) in [6, 6.07) is 4.34. The van der Waals surface area contributed by atoms with Crippen LogP contribution in [0.25, 0.3) is 0 Å². The Morgan fingerprint density at radius 3 is 2.76 bits per heavy atom. The number of benzene rings is 1. The molecule has 1 aromatic carbocycles. The maximum Gasteiger partial charge on any atom is 0.343 e. The Labute approximate surface area is 148 Å². The van der Waals surface area contributed by atoms with E-state index in [0.717, 1.165) is 10.8 Å². The smallest absolute Gasteiger partial charge is 0.343 e. The van der Waals surface area contributed by atoms with Crippen molar-refractivity contribution in [3.8, 4) is 0 Å². The quantitative estimate of drug-likeness (QED) is 0.437. The van der Waals surface area contributed by atoms with Gasteiger partial charge >= 0.3 is 5.82 Å². The number of rotatable bonds is 6. The van der Waals surface area contributed by atoms with Crippen LogP contribution in [-0.2, 0) is 11.3 Å². The first kappa shape index (κ1) is 18.2. The van der Waals surface area contributed by atoms with Crippen LogP contribution in [0.2, 0.25) is 0 Å². The zero-order valence-electron chi connectivity index (χ0n) is 12.7. The van der Waals surface area contributed by atoms with Crippen LogP contribution in [0.4, 0.5) is 11.5 Å². The zero-order valence-corrected chi connectivity index (χ0v) is 14.3. The molecule has 25 heavy (non-hydrogen) atoms. The monoisotopic (exact) mass is 410 g/mol. The summed E-state index contributed by atoms with van der Waals surface area (Å²) in [5.41, 5.74) is 2.47. The van der Waals surface area contributed by atoms with Crippen molar-refractivity contribution in [2.24, 2.45) is 5.10 Å². The van der Waals surface area contributed by atoms with Gasteiger partial charge < -0.3 is 10.1 Å². The van der Waals surface area contributed by atoms with E-state index in [2.05, 4.69) is 31.4 Å². The van der Waals surface area contributed by atoms with Crippen LogP contribution < -0.4 is 5.43 Å². The molecule has 0 aliphatic heterocycles. The van der Waals surface area contributed by atoms with E-state index < -0.39 is 15.8 Å². The van der Waals surface area contributed by atoms with Crippen molar-refractivity contribution >= 4 is 39.6 Å². The van der Waals surface area contributed by atoms with Gasteiger partial charge in [0.05, 0.1) is 15.6 Å². The first-order valence-corrected chi connectivity index (χ1v) is 7.51. The maximum atomic E-state index is 11.8. The van der Waals surface area contributed by atoms with Crippen LogP contribution >= 0.6 is 15.9 Å². The van der Waals surface area contributed by atoms with Crippen LogP contribution in [0.15, 0.2) is 34.0 Å². The minimum Gasteiger partial charge on any atom is -0.358 e. The lowest BCUT2D eigenvalue weighted by Crippen LogP contribution is -2.24. The van der Waals surface area contributed by atoms with E-state index in [9.17, 15) is 25.0 Å². The third kappa shape index (κ3) is 4.44. The highest BCUT2D eigenvalue weighted by molar-refractivity contribution is 9.10. The van der Waals surface area contributed by atoms with Gasteiger partial charge in [0.1, 0.15) is 6.20 Å². The summed E-state index contributed by atoms with van der Waals surface area (Å²) in [6.45, 7) is 1.20. The molecule has 0 unspecified atom stereocenters. The number of halogens is 1. The van der Waals surface area contributed by atoms with E-state index in [4.69, 9.17) is 0 Å². The number of nitrogens with zero attached hydrogens (tertiary/aromatic N) is 5. The third-order valence-electron chi connectivity index (χ3n) is 3.09. The Kier molecular flexibility index (Phi) is 5.54. The maximum absolute atomic E-state index is 11.8. The van der Waals surface area contributed by atoms with Crippen molar-refractivity contribution in [3.05, 3.63) is 60.5 Å². The first-order valence-electron chi connectivity index (χ1n) is 6.72. The highest BCUT2D eigenvalue weighted by Gasteiger charge is 2.19. The molecule has 0 aliphatic rings. The number of hydrogen-bond donors (Lipinski definition) is 1. The minimum atomic E-state index is -0.641. The fourth-order valence-corrected chi connectivity index (χ4v) is 2.30. The number of nitrogens with one attached hydrogen (secondary N) is 1. The van der Waals surface area contributed by atoms with E-state index in [1.165, 1.54) is 25.3 Å². The molecule has 1 aromatic heterocycles. The molecule has 0 saturated carbocycles. The molecule has 0 radical (unpaired) electrons. The normalized spacial score (nSPS) is 10.8. The van der Waals surface area contributed by atoms with Gasteiger partial charge in [-0.3, -0.25) is 14.9 Å². The van der Waals surface area contributed by atoms with E-state index in [1.807, 2.05) is 0 Å². The van der Waals surface area contributed by atoms with E-state index in [-0.39, 0.29) is 18.1 Å². The van der Waals surface area contributed by atoms with E-state index in [0.29, 0.717) is 15.9 Å². The SMILES string of the molecule is Cc1ncc([N+](=O)[O-])n1CC(=O)N/N=C/c1ccc(Br)c([N+](=O)[O-])c1.